The van der Waals surface area contributed by atoms with Crippen molar-refractivity contribution in [3.63, 3.8) is 0 Å². The molecule has 1 fully saturated rings. The highest BCUT2D eigenvalue weighted by atomic mass is 16.5. The van der Waals surface area contributed by atoms with Crippen LogP contribution in [0, 0.1) is 0 Å². The first-order chi connectivity index (χ1) is 14.0. The van der Waals surface area contributed by atoms with E-state index >= 15 is 0 Å². The van der Waals surface area contributed by atoms with Crippen LogP contribution in [0.1, 0.15) is 51.5 Å². The molecular formula is C21H34N6O2. The van der Waals surface area contributed by atoms with Crippen LogP contribution in [0.15, 0.2) is 18.2 Å². The molecule has 160 valence electrons. The minimum absolute atomic E-state index is 0.111. The lowest BCUT2D eigenvalue weighted by molar-refractivity contribution is 0.104. The third kappa shape index (κ3) is 4.23. The number of methoxy groups -OCH3 is 2. The van der Waals surface area contributed by atoms with Gasteiger partial charge in [0.2, 0.25) is 0 Å². The first-order valence-electron chi connectivity index (χ1n) is 10.4. The van der Waals surface area contributed by atoms with Gasteiger partial charge in [-0.3, -0.25) is 4.90 Å². The summed E-state index contributed by atoms with van der Waals surface area (Å²) in [5.41, 5.74) is 0.841. The van der Waals surface area contributed by atoms with Crippen LogP contribution in [0.5, 0.6) is 11.5 Å². The van der Waals surface area contributed by atoms with Gasteiger partial charge in [0.05, 0.1) is 19.8 Å². The lowest BCUT2D eigenvalue weighted by Gasteiger charge is -2.39. The van der Waals surface area contributed by atoms with Crippen molar-refractivity contribution >= 4 is 0 Å². The Bertz CT molecular complexity index is 798. The summed E-state index contributed by atoms with van der Waals surface area (Å²) in [6.45, 7) is 13.7. The van der Waals surface area contributed by atoms with E-state index in [1.165, 1.54) is 0 Å². The maximum absolute atomic E-state index is 5.79. The molecule has 3 rings (SSSR count). The van der Waals surface area contributed by atoms with E-state index in [1.807, 2.05) is 16.8 Å². The van der Waals surface area contributed by atoms with Crippen molar-refractivity contribution in [1.29, 1.82) is 0 Å². The zero-order valence-electron chi connectivity index (χ0n) is 18.6. The van der Waals surface area contributed by atoms with Crippen LogP contribution < -0.4 is 9.47 Å². The molecule has 8 nitrogen and oxygen atoms in total. The summed E-state index contributed by atoms with van der Waals surface area (Å²) < 4.78 is 13.3. The van der Waals surface area contributed by atoms with Gasteiger partial charge in [0.1, 0.15) is 6.04 Å². The van der Waals surface area contributed by atoms with E-state index in [4.69, 9.17) is 9.47 Å². The second kappa shape index (κ2) is 9.09. The van der Waals surface area contributed by atoms with E-state index in [-0.39, 0.29) is 11.6 Å². The number of nitrogens with zero attached hydrogens (tertiary/aromatic N) is 6. The molecule has 0 aliphatic carbocycles. The second-order valence-corrected chi connectivity index (χ2v) is 8.07. The van der Waals surface area contributed by atoms with Crippen LogP contribution in [0.3, 0.4) is 0 Å². The number of para-hydroxylation sites is 1. The molecule has 1 aliphatic rings. The van der Waals surface area contributed by atoms with Gasteiger partial charge in [0.25, 0.3) is 0 Å². The van der Waals surface area contributed by atoms with Gasteiger partial charge in [-0.15, -0.1) is 5.10 Å². The summed E-state index contributed by atoms with van der Waals surface area (Å²) in [5, 5.41) is 12.9. The van der Waals surface area contributed by atoms with Crippen molar-refractivity contribution in [3.8, 4) is 11.5 Å². The van der Waals surface area contributed by atoms with Crippen molar-refractivity contribution in [2.24, 2.45) is 0 Å². The molecule has 0 N–H and O–H groups in total. The van der Waals surface area contributed by atoms with E-state index in [2.05, 4.69) is 59.1 Å². The van der Waals surface area contributed by atoms with E-state index in [0.717, 1.165) is 62.0 Å². The van der Waals surface area contributed by atoms with Gasteiger partial charge < -0.3 is 14.4 Å². The van der Waals surface area contributed by atoms with Crippen LogP contribution in [-0.2, 0) is 5.54 Å². The third-order valence-electron chi connectivity index (χ3n) is 6.12. The summed E-state index contributed by atoms with van der Waals surface area (Å²) in [7, 11) is 3.35. The predicted octanol–water partition coefficient (Wildman–Crippen LogP) is 2.56. The number of rotatable bonds is 8. The Labute approximate surface area is 173 Å². The van der Waals surface area contributed by atoms with Crippen LogP contribution in [0.25, 0.3) is 0 Å². The highest BCUT2D eigenvalue weighted by molar-refractivity contribution is 5.49. The molecule has 2 heterocycles. The number of likely N-dealkylation sites (N-methyl/N-ethyl adjacent to an activating group) is 1. The van der Waals surface area contributed by atoms with Gasteiger partial charge in [0.15, 0.2) is 17.3 Å². The van der Waals surface area contributed by atoms with Crippen molar-refractivity contribution < 1.29 is 9.47 Å². The molecule has 1 aromatic carbocycles. The molecule has 0 amide bonds. The molecule has 8 heteroatoms. The second-order valence-electron chi connectivity index (χ2n) is 8.07. The fourth-order valence-corrected chi connectivity index (χ4v) is 3.91. The third-order valence-corrected chi connectivity index (χ3v) is 6.12. The molecule has 2 aromatic rings. The Hall–Kier alpha value is -2.19. The maximum Gasteiger partial charge on any atom is 0.173 e. The Morgan fingerprint density at radius 2 is 1.79 bits per heavy atom. The van der Waals surface area contributed by atoms with Crippen molar-refractivity contribution in [3.05, 3.63) is 29.6 Å². The van der Waals surface area contributed by atoms with E-state index < -0.39 is 0 Å². The quantitative estimate of drug-likeness (QED) is 0.672. The number of piperazine rings is 1. The molecule has 1 aliphatic heterocycles. The Balaban J connectivity index is 2.12. The van der Waals surface area contributed by atoms with Gasteiger partial charge in [0, 0.05) is 31.7 Å². The molecule has 1 atom stereocenters. The predicted molar refractivity (Wildman–Crippen MR) is 113 cm³/mol. The number of hydrogen-bond donors (Lipinski definition) is 0. The summed E-state index contributed by atoms with van der Waals surface area (Å²) >= 11 is 0. The molecule has 0 bridgehead atoms. The standard InChI is InChI=1S/C21H34N6O2/c1-7-21(3,4)27-20(22-23-24-27)18(26-14-12-25(8-2)13-15-26)16-10-9-11-17(28-5)19(16)29-6/h9-11,18H,7-8,12-15H2,1-6H3/t18-/m1/s1. The largest absolute Gasteiger partial charge is 0.493 e. The lowest BCUT2D eigenvalue weighted by Crippen LogP contribution is -2.48. The first kappa shape index (κ1) is 21.5. The first-order valence-corrected chi connectivity index (χ1v) is 10.4. The lowest BCUT2D eigenvalue weighted by atomic mass is 9.98. The number of tetrazole rings is 1. The fraction of sp³-hybridized carbons (Fsp3) is 0.667. The topological polar surface area (TPSA) is 68.5 Å². The fourth-order valence-electron chi connectivity index (χ4n) is 3.91. The Morgan fingerprint density at radius 1 is 1.07 bits per heavy atom. The minimum atomic E-state index is -0.186. The number of hydrogen-bond acceptors (Lipinski definition) is 7. The Morgan fingerprint density at radius 3 is 2.38 bits per heavy atom. The molecule has 0 unspecified atom stereocenters. The molecular weight excluding hydrogens is 368 g/mol. The van der Waals surface area contributed by atoms with Gasteiger partial charge in [-0.05, 0) is 43.3 Å². The molecule has 1 saturated heterocycles. The summed E-state index contributed by atoms with van der Waals surface area (Å²) in [4.78, 5) is 4.92. The molecule has 0 spiro atoms. The smallest absolute Gasteiger partial charge is 0.173 e. The average Bonchev–Trinajstić information content (AvgIpc) is 3.24. The molecule has 0 saturated carbocycles. The van der Waals surface area contributed by atoms with Crippen molar-refractivity contribution in [1.82, 2.24) is 30.0 Å². The SMILES string of the molecule is CCN1CCN([C@H](c2cccc(OC)c2OC)c2nnnn2C(C)(C)CC)CC1. The van der Waals surface area contributed by atoms with Gasteiger partial charge in [-0.2, -0.15) is 0 Å². The van der Waals surface area contributed by atoms with Gasteiger partial charge >= 0.3 is 0 Å². The van der Waals surface area contributed by atoms with Crippen molar-refractivity contribution in [2.45, 2.75) is 45.7 Å². The van der Waals surface area contributed by atoms with Crippen LogP contribution in [0.4, 0.5) is 0 Å². The highest BCUT2D eigenvalue weighted by Gasteiger charge is 2.36. The zero-order chi connectivity index (χ0) is 21.0. The van der Waals surface area contributed by atoms with Crippen LogP contribution in [-0.4, -0.2) is 77.0 Å². The average molecular weight is 403 g/mol. The van der Waals surface area contributed by atoms with E-state index in [1.54, 1.807) is 14.2 Å². The van der Waals surface area contributed by atoms with E-state index in [0.29, 0.717) is 0 Å². The minimum Gasteiger partial charge on any atom is -0.493 e. The molecule has 29 heavy (non-hydrogen) atoms. The summed E-state index contributed by atoms with van der Waals surface area (Å²) in [5.74, 6) is 2.30. The summed E-state index contributed by atoms with van der Waals surface area (Å²) in [6, 6.07) is 5.91. The monoisotopic (exact) mass is 402 g/mol. The number of ether oxygens (including phenoxy) is 2. The summed E-state index contributed by atoms with van der Waals surface area (Å²) in [6.07, 6.45) is 0.927. The number of benzene rings is 1. The van der Waals surface area contributed by atoms with Crippen molar-refractivity contribution in [2.75, 3.05) is 46.9 Å². The zero-order valence-corrected chi connectivity index (χ0v) is 18.6. The Kier molecular flexibility index (Phi) is 6.74. The molecule has 1 aromatic heterocycles. The number of aromatic nitrogens is 4. The normalized spacial score (nSPS) is 17.3. The highest BCUT2D eigenvalue weighted by Crippen LogP contribution is 2.40. The van der Waals surface area contributed by atoms with Gasteiger partial charge in [-0.25, -0.2) is 4.68 Å². The van der Waals surface area contributed by atoms with Gasteiger partial charge in [-0.1, -0.05) is 26.0 Å². The maximum atomic E-state index is 5.79. The van der Waals surface area contributed by atoms with Crippen LogP contribution >= 0.6 is 0 Å². The van der Waals surface area contributed by atoms with Crippen LogP contribution in [0.2, 0.25) is 0 Å². The molecule has 0 radical (unpaired) electrons. The van der Waals surface area contributed by atoms with E-state index in [9.17, 15) is 0 Å².